The molecule has 7 heteroatoms. The molecule has 3 heterocycles. The van der Waals surface area contributed by atoms with Crippen LogP contribution < -0.4 is 4.90 Å². The lowest BCUT2D eigenvalue weighted by molar-refractivity contribution is 0.000131. The van der Waals surface area contributed by atoms with Crippen molar-refractivity contribution in [2.45, 2.75) is 18.4 Å². The number of aryl methyl sites for hydroxylation is 1. The van der Waals surface area contributed by atoms with E-state index in [4.69, 9.17) is 4.42 Å². The maximum atomic E-state index is 13.7. The highest BCUT2D eigenvalue weighted by Gasteiger charge is 2.38. The molecule has 4 rings (SSSR count). The van der Waals surface area contributed by atoms with E-state index in [2.05, 4.69) is 9.97 Å². The summed E-state index contributed by atoms with van der Waals surface area (Å²) in [6.45, 7) is 1.13. The fraction of sp³-hybridized carbons (Fsp3) is 0.375. The quantitative estimate of drug-likeness (QED) is 0.785. The highest BCUT2D eigenvalue weighted by Crippen LogP contribution is 2.34. The largest absolute Gasteiger partial charge is 0.423 e. The number of fused-ring (bicyclic) bond motifs is 1. The molecule has 0 bridgehead atoms. The number of rotatable bonds is 2. The summed E-state index contributed by atoms with van der Waals surface area (Å²) < 4.78 is 21.2. The zero-order chi connectivity index (χ0) is 16.0. The van der Waals surface area contributed by atoms with Gasteiger partial charge in [0.2, 0.25) is 0 Å². The van der Waals surface area contributed by atoms with Crippen molar-refractivity contribution in [2.75, 3.05) is 18.0 Å². The van der Waals surface area contributed by atoms with Gasteiger partial charge in [-0.25, -0.2) is 9.37 Å². The van der Waals surface area contributed by atoms with Crippen molar-refractivity contribution in [3.8, 4) is 0 Å². The molecule has 120 valence electrons. The minimum atomic E-state index is -0.952. The molecule has 0 unspecified atom stereocenters. The summed E-state index contributed by atoms with van der Waals surface area (Å²) in [5.41, 5.74) is -0.274. The predicted octanol–water partition coefficient (Wildman–Crippen LogP) is 2.19. The third-order valence-electron chi connectivity index (χ3n) is 4.46. The van der Waals surface area contributed by atoms with Crippen molar-refractivity contribution in [3.63, 3.8) is 0 Å². The molecule has 0 saturated carbocycles. The van der Waals surface area contributed by atoms with Crippen LogP contribution in [0.3, 0.4) is 0 Å². The second-order valence-corrected chi connectivity index (χ2v) is 5.96. The lowest BCUT2D eigenvalue weighted by atomic mass is 9.90. The number of oxazole rings is 1. The molecule has 1 aromatic carbocycles. The van der Waals surface area contributed by atoms with Crippen LogP contribution in [-0.2, 0) is 12.6 Å². The highest BCUT2D eigenvalue weighted by molar-refractivity contribution is 5.75. The van der Waals surface area contributed by atoms with Crippen LogP contribution in [0.5, 0.6) is 0 Å². The summed E-state index contributed by atoms with van der Waals surface area (Å²) in [6, 6.07) is 5.06. The van der Waals surface area contributed by atoms with E-state index in [0.717, 1.165) is 0 Å². The number of aromatic nitrogens is 3. The average Bonchev–Trinajstić information content (AvgIpc) is 3.15. The van der Waals surface area contributed by atoms with E-state index in [1.165, 1.54) is 6.07 Å². The average molecular weight is 316 g/mol. The lowest BCUT2D eigenvalue weighted by Gasteiger charge is -2.36. The van der Waals surface area contributed by atoms with E-state index in [1.54, 1.807) is 18.3 Å². The Hall–Kier alpha value is -2.41. The van der Waals surface area contributed by atoms with Gasteiger partial charge in [0, 0.05) is 45.4 Å². The fourth-order valence-electron chi connectivity index (χ4n) is 3.14. The van der Waals surface area contributed by atoms with Crippen LogP contribution in [0.25, 0.3) is 11.1 Å². The van der Waals surface area contributed by atoms with Gasteiger partial charge in [0.15, 0.2) is 11.4 Å². The van der Waals surface area contributed by atoms with Gasteiger partial charge in [-0.3, -0.25) is 0 Å². The summed E-state index contributed by atoms with van der Waals surface area (Å²) in [5.74, 6) is 0.278. The van der Waals surface area contributed by atoms with E-state index in [1.807, 2.05) is 22.7 Å². The van der Waals surface area contributed by atoms with Gasteiger partial charge in [0.25, 0.3) is 6.01 Å². The van der Waals surface area contributed by atoms with E-state index in [-0.39, 0.29) is 11.3 Å². The Labute approximate surface area is 132 Å². The standard InChI is InChI=1S/C16H17FN4O2/c1-20-10-7-18-14(20)16(22)5-8-21(9-6-16)15-19-13-11(17)3-2-4-12(13)23-15/h2-4,7,10,22H,5-6,8-9H2,1H3. The first-order valence-corrected chi connectivity index (χ1v) is 7.57. The van der Waals surface area contributed by atoms with Crippen LogP contribution in [0.2, 0.25) is 0 Å². The van der Waals surface area contributed by atoms with E-state index < -0.39 is 5.60 Å². The van der Waals surface area contributed by atoms with E-state index in [0.29, 0.717) is 43.4 Å². The van der Waals surface area contributed by atoms with Gasteiger partial charge in [-0.1, -0.05) is 6.07 Å². The van der Waals surface area contributed by atoms with Crippen molar-refractivity contribution >= 4 is 17.1 Å². The van der Waals surface area contributed by atoms with Gasteiger partial charge in [0.05, 0.1) is 0 Å². The Morgan fingerprint density at radius 3 is 2.74 bits per heavy atom. The molecule has 1 fully saturated rings. The smallest absolute Gasteiger partial charge is 0.298 e. The fourth-order valence-corrected chi connectivity index (χ4v) is 3.14. The monoisotopic (exact) mass is 316 g/mol. The molecule has 1 saturated heterocycles. The Morgan fingerprint density at radius 1 is 1.30 bits per heavy atom. The molecule has 1 aliphatic rings. The Kier molecular flexibility index (Phi) is 3.12. The Morgan fingerprint density at radius 2 is 2.09 bits per heavy atom. The summed E-state index contributed by atoms with van der Waals surface area (Å²) in [6.07, 6.45) is 4.53. The number of hydrogen-bond donors (Lipinski definition) is 1. The zero-order valence-corrected chi connectivity index (χ0v) is 12.7. The van der Waals surface area contributed by atoms with Gasteiger partial charge >= 0.3 is 0 Å². The number of piperidine rings is 1. The SMILES string of the molecule is Cn1ccnc1C1(O)CCN(c2nc3c(F)cccc3o2)CC1. The number of aliphatic hydroxyl groups is 1. The van der Waals surface area contributed by atoms with Crippen LogP contribution in [0.4, 0.5) is 10.4 Å². The van der Waals surface area contributed by atoms with Crippen molar-refractivity contribution in [3.05, 3.63) is 42.2 Å². The second kappa shape index (κ2) is 5.06. The van der Waals surface area contributed by atoms with Crippen LogP contribution in [0, 0.1) is 5.82 Å². The summed E-state index contributed by atoms with van der Waals surface area (Å²) in [7, 11) is 1.87. The summed E-state index contributed by atoms with van der Waals surface area (Å²) in [4.78, 5) is 10.4. The van der Waals surface area contributed by atoms with Crippen LogP contribution in [0.15, 0.2) is 35.0 Å². The highest BCUT2D eigenvalue weighted by atomic mass is 19.1. The number of anilines is 1. The molecule has 0 radical (unpaired) electrons. The molecule has 1 aliphatic heterocycles. The minimum absolute atomic E-state index is 0.243. The van der Waals surface area contributed by atoms with E-state index in [9.17, 15) is 9.50 Å². The first-order chi connectivity index (χ1) is 11.1. The van der Waals surface area contributed by atoms with Gasteiger partial charge in [-0.15, -0.1) is 0 Å². The Balaban J connectivity index is 1.57. The maximum absolute atomic E-state index is 13.7. The molecular formula is C16H17FN4O2. The molecule has 0 aliphatic carbocycles. The first kappa shape index (κ1) is 14.2. The van der Waals surface area contributed by atoms with E-state index >= 15 is 0 Å². The van der Waals surface area contributed by atoms with Crippen molar-refractivity contribution in [1.29, 1.82) is 0 Å². The van der Waals surface area contributed by atoms with Crippen LogP contribution in [0.1, 0.15) is 18.7 Å². The van der Waals surface area contributed by atoms with Crippen molar-refractivity contribution in [2.24, 2.45) is 7.05 Å². The number of hydrogen-bond acceptors (Lipinski definition) is 5. The maximum Gasteiger partial charge on any atom is 0.298 e. The molecule has 6 nitrogen and oxygen atoms in total. The topological polar surface area (TPSA) is 67.3 Å². The molecule has 2 aromatic heterocycles. The lowest BCUT2D eigenvalue weighted by Crippen LogP contribution is -2.44. The number of benzene rings is 1. The molecule has 23 heavy (non-hydrogen) atoms. The first-order valence-electron chi connectivity index (χ1n) is 7.57. The molecule has 0 atom stereocenters. The summed E-state index contributed by atoms with van der Waals surface area (Å²) in [5, 5.41) is 10.8. The summed E-state index contributed by atoms with van der Waals surface area (Å²) >= 11 is 0. The predicted molar refractivity (Wildman–Crippen MR) is 82.5 cm³/mol. The Bertz CT molecular complexity index is 849. The third-order valence-corrected chi connectivity index (χ3v) is 4.46. The number of imidazole rings is 1. The molecular weight excluding hydrogens is 299 g/mol. The van der Waals surface area contributed by atoms with Crippen LogP contribution >= 0.6 is 0 Å². The molecule has 0 spiro atoms. The van der Waals surface area contributed by atoms with Crippen LogP contribution in [-0.4, -0.2) is 32.7 Å². The second-order valence-electron chi connectivity index (χ2n) is 5.96. The molecule has 3 aromatic rings. The van der Waals surface area contributed by atoms with Gasteiger partial charge in [-0.2, -0.15) is 4.98 Å². The van der Waals surface area contributed by atoms with Gasteiger partial charge < -0.3 is 19.0 Å². The third kappa shape index (κ3) is 2.28. The van der Waals surface area contributed by atoms with Crippen molar-refractivity contribution in [1.82, 2.24) is 14.5 Å². The minimum Gasteiger partial charge on any atom is -0.423 e. The number of para-hydroxylation sites is 1. The normalized spacial score (nSPS) is 17.8. The number of halogens is 1. The molecule has 0 amide bonds. The molecule has 1 N–H and O–H groups in total. The van der Waals surface area contributed by atoms with Crippen molar-refractivity contribution < 1.29 is 13.9 Å². The zero-order valence-electron chi connectivity index (χ0n) is 12.7. The van der Waals surface area contributed by atoms with Gasteiger partial charge in [-0.05, 0) is 12.1 Å². The van der Waals surface area contributed by atoms with Gasteiger partial charge in [0.1, 0.15) is 16.9 Å². The number of nitrogens with zero attached hydrogens (tertiary/aromatic N) is 4.